The SMILES string of the molecule is CCCCOCCCCOCCC1CC1. The minimum atomic E-state index is 0.909. The van der Waals surface area contributed by atoms with Crippen LogP contribution in [0.4, 0.5) is 0 Å². The molecule has 0 spiro atoms. The molecule has 0 aromatic rings. The van der Waals surface area contributed by atoms with Crippen LogP contribution in [0.1, 0.15) is 51.9 Å². The summed E-state index contributed by atoms with van der Waals surface area (Å²) in [4.78, 5) is 0. The van der Waals surface area contributed by atoms with Crippen molar-refractivity contribution in [2.75, 3.05) is 26.4 Å². The third-order valence-corrected chi connectivity index (χ3v) is 2.84. The van der Waals surface area contributed by atoms with Crippen LogP contribution in [0, 0.1) is 5.92 Å². The van der Waals surface area contributed by atoms with Crippen molar-refractivity contribution in [1.82, 2.24) is 0 Å². The summed E-state index contributed by atoms with van der Waals surface area (Å²) in [7, 11) is 0. The van der Waals surface area contributed by atoms with Crippen LogP contribution < -0.4 is 0 Å². The number of hydrogen-bond donors (Lipinski definition) is 0. The quantitative estimate of drug-likeness (QED) is 0.491. The topological polar surface area (TPSA) is 18.5 Å². The van der Waals surface area contributed by atoms with Gasteiger partial charge in [-0.1, -0.05) is 26.2 Å². The Morgan fingerprint density at radius 2 is 1.47 bits per heavy atom. The van der Waals surface area contributed by atoms with Crippen LogP contribution >= 0.6 is 0 Å². The van der Waals surface area contributed by atoms with Crippen molar-refractivity contribution in [1.29, 1.82) is 0 Å². The number of unbranched alkanes of at least 4 members (excludes halogenated alkanes) is 2. The molecule has 0 unspecified atom stereocenters. The lowest BCUT2D eigenvalue weighted by molar-refractivity contribution is 0.0989. The molecule has 2 heteroatoms. The fourth-order valence-corrected chi connectivity index (χ4v) is 1.52. The molecular formula is C13H26O2. The van der Waals surface area contributed by atoms with E-state index in [9.17, 15) is 0 Å². The van der Waals surface area contributed by atoms with Gasteiger partial charge < -0.3 is 9.47 Å². The Morgan fingerprint density at radius 1 is 0.867 bits per heavy atom. The van der Waals surface area contributed by atoms with E-state index in [4.69, 9.17) is 9.47 Å². The maximum Gasteiger partial charge on any atom is 0.0468 e. The molecule has 0 radical (unpaired) electrons. The van der Waals surface area contributed by atoms with Crippen molar-refractivity contribution in [3.8, 4) is 0 Å². The maximum absolute atomic E-state index is 5.56. The van der Waals surface area contributed by atoms with Gasteiger partial charge in [-0.2, -0.15) is 0 Å². The Balaban J connectivity index is 1.62. The lowest BCUT2D eigenvalue weighted by Gasteiger charge is -2.04. The van der Waals surface area contributed by atoms with E-state index >= 15 is 0 Å². The van der Waals surface area contributed by atoms with E-state index < -0.39 is 0 Å². The van der Waals surface area contributed by atoms with Gasteiger partial charge in [0.25, 0.3) is 0 Å². The minimum absolute atomic E-state index is 0.909. The van der Waals surface area contributed by atoms with Crippen molar-refractivity contribution in [2.24, 2.45) is 5.92 Å². The molecule has 15 heavy (non-hydrogen) atoms. The van der Waals surface area contributed by atoms with Crippen LogP contribution in [0.15, 0.2) is 0 Å². The monoisotopic (exact) mass is 214 g/mol. The van der Waals surface area contributed by atoms with Crippen LogP contribution in [-0.4, -0.2) is 26.4 Å². The van der Waals surface area contributed by atoms with Gasteiger partial charge in [-0.15, -0.1) is 0 Å². The molecular weight excluding hydrogens is 188 g/mol. The van der Waals surface area contributed by atoms with Gasteiger partial charge >= 0.3 is 0 Å². The predicted molar refractivity (Wildman–Crippen MR) is 63.1 cm³/mol. The Labute approximate surface area is 94.3 Å². The van der Waals surface area contributed by atoms with Gasteiger partial charge in [0.1, 0.15) is 0 Å². The maximum atomic E-state index is 5.56. The summed E-state index contributed by atoms with van der Waals surface area (Å²) in [6.07, 6.45) is 8.88. The van der Waals surface area contributed by atoms with Crippen LogP contribution in [0.2, 0.25) is 0 Å². The van der Waals surface area contributed by atoms with E-state index in [1.54, 1.807) is 0 Å². The van der Waals surface area contributed by atoms with E-state index in [1.807, 2.05) is 0 Å². The van der Waals surface area contributed by atoms with Gasteiger partial charge in [0.2, 0.25) is 0 Å². The molecule has 1 fully saturated rings. The van der Waals surface area contributed by atoms with Crippen molar-refractivity contribution in [3.05, 3.63) is 0 Å². The zero-order valence-corrected chi connectivity index (χ0v) is 10.2. The molecule has 1 rings (SSSR count). The lowest BCUT2D eigenvalue weighted by atomic mass is 10.3. The van der Waals surface area contributed by atoms with Gasteiger partial charge in [-0.05, 0) is 31.6 Å². The van der Waals surface area contributed by atoms with E-state index in [0.717, 1.165) is 45.2 Å². The van der Waals surface area contributed by atoms with Gasteiger partial charge in [-0.25, -0.2) is 0 Å². The Kier molecular flexibility index (Phi) is 7.94. The second-order valence-electron chi connectivity index (χ2n) is 4.52. The first kappa shape index (κ1) is 13.0. The molecule has 0 saturated heterocycles. The molecule has 0 N–H and O–H groups in total. The van der Waals surface area contributed by atoms with Crippen LogP contribution in [0.25, 0.3) is 0 Å². The summed E-state index contributed by atoms with van der Waals surface area (Å²) in [6.45, 7) is 5.92. The average Bonchev–Trinajstić information content (AvgIpc) is 3.05. The van der Waals surface area contributed by atoms with E-state index in [-0.39, 0.29) is 0 Å². The fraction of sp³-hybridized carbons (Fsp3) is 1.00. The predicted octanol–water partition coefficient (Wildman–Crippen LogP) is 3.40. The summed E-state index contributed by atoms with van der Waals surface area (Å²) >= 11 is 0. The highest BCUT2D eigenvalue weighted by molar-refractivity contribution is 4.72. The first-order valence-corrected chi connectivity index (χ1v) is 6.59. The largest absolute Gasteiger partial charge is 0.381 e. The molecule has 0 aromatic carbocycles. The molecule has 1 aliphatic carbocycles. The summed E-state index contributed by atoms with van der Waals surface area (Å²) in [5.41, 5.74) is 0. The van der Waals surface area contributed by atoms with E-state index in [0.29, 0.717) is 0 Å². The summed E-state index contributed by atoms with van der Waals surface area (Å²) in [5, 5.41) is 0. The number of rotatable bonds is 11. The molecule has 0 aromatic heterocycles. The molecule has 1 saturated carbocycles. The van der Waals surface area contributed by atoms with Crippen LogP contribution in [0.5, 0.6) is 0 Å². The highest BCUT2D eigenvalue weighted by Gasteiger charge is 2.20. The van der Waals surface area contributed by atoms with Crippen molar-refractivity contribution >= 4 is 0 Å². The normalized spacial score (nSPS) is 15.8. The van der Waals surface area contributed by atoms with Crippen molar-refractivity contribution in [3.63, 3.8) is 0 Å². The Morgan fingerprint density at radius 3 is 2.07 bits per heavy atom. The summed E-state index contributed by atoms with van der Waals surface area (Å²) < 4.78 is 11.0. The third kappa shape index (κ3) is 8.88. The first-order valence-electron chi connectivity index (χ1n) is 6.59. The molecule has 2 nitrogen and oxygen atoms in total. The van der Waals surface area contributed by atoms with Gasteiger partial charge in [-0.3, -0.25) is 0 Å². The average molecular weight is 214 g/mol. The Bertz CT molecular complexity index is 132. The minimum Gasteiger partial charge on any atom is -0.381 e. The third-order valence-electron chi connectivity index (χ3n) is 2.84. The number of ether oxygens (including phenoxy) is 2. The van der Waals surface area contributed by atoms with Gasteiger partial charge in [0.05, 0.1) is 0 Å². The standard InChI is InChI=1S/C13H26O2/c1-2-3-9-14-10-4-5-11-15-12-8-13-6-7-13/h13H,2-12H2,1H3. The number of hydrogen-bond acceptors (Lipinski definition) is 2. The van der Waals surface area contributed by atoms with E-state index in [2.05, 4.69) is 6.92 Å². The summed E-state index contributed by atoms with van der Waals surface area (Å²) in [6, 6.07) is 0. The van der Waals surface area contributed by atoms with Crippen LogP contribution in [0.3, 0.4) is 0 Å². The highest BCUT2D eigenvalue weighted by Crippen LogP contribution is 2.32. The second kappa shape index (κ2) is 9.17. The fourth-order valence-electron chi connectivity index (χ4n) is 1.52. The highest BCUT2D eigenvalue weighted by atomic mass is 16.5. The van der Waals surface area contributed by atoms with Crippen molar-refractivity contribution < 1.29 is 9.47 Å². The van der Waals surface area contributed by atoms with Gasteiger partial charge in [0.15, 0.2) is 0 Å². The molecule has 0 bridgehead atoms. The first-order chi connectivity index (χ1) is 7.43. The smallest absolute Gasteiger partial charge is 0.0468 e. The lowest BCUT2D eigenvalue weighted by Crippen LogP contribution is -2.01. The molecule has 1 aliphatic rings. The molecule has 0 amide bonds. The van der Waals surface area contributed by atoms with Gasteiger partial charge in [0, 0.05) is 26.4 Å². The van der Waals surface area contributed by atoms with Crippen molar-refractivity contribution in [2.45, 2.75) is 51.9 Å². The zero-order chi connectivity index (χ0) is 10.8. The second-order valence-corrected chi connectivity index (χ2v) is 4.52. The zero-order valence-electron chi connectivity index (χ0n) is 10.2. The summed E-state index contributed by atoms with van der Waals surface area (Å²) in [5.74, 6) is 1.00. The Hall–Kier alpha value is -0.0800. The molecule has 0 heterocycles. The van der Waals surface area contributed by atoms with E-state index in [1.165, 1.54) is 32.1 Å². The molecule has 0 aliphatic heterocycles. The van der Waals surface area contributed by atoms with Crippen LogP contribution in [-0.2, 0) is 9.47 Å². The molecule has 0 atom stereocenters. The molecule has 90 valence electrons.